The van der Waals surface area contributed by atoms with Gasteiger partial charge in [-0.05, 0) is 66.9 Å². The van der Waals surface area contributed by atoms with Gasteiger partial charge in [0.2, 0.25) is 0 Å². The number of aryl methyl sites for hydroxylation is 1. The SMILES string of the molecule is CCCCCCCOc1ccc(C(=O)Oc2ccc(C[C@H](NC(=O)c3c(C)cccc3F)C(=O)O)cc2)cc1. The highest BCUT2D eigenvalue weighted by Crippen LogP contribution is 2.19. The van der Waals surface area contributed by atoms with Gasteiger partial charge in [-0.25, -0.2) is 14.0 Å². The molecule has 0 bridgehead atoms. The zero-order chi connectivity index (χ0) is 28.2. The Hall–Kier alpha value is -4.20. The highest BCUT2D eigenvalue weighted by Gasteiger charge is 2.24. The summed E-state index contributed by atoms with van der Waals surface area (Å²) in [4.78, 5) is 36.8. The lowest BCUT2D eigenvalue weighted by Crippen LogP contribution is -2.42. The molecule has 2 N–H and O–H groups in total. The van der Waals surface area contributed by atoms with Gasteiger partial charge >= 0.3 is 11.9 Å². The number of carbonyl (C=O) groups is 3. The molecule has 0 radical (unpaired) electrons. The molecule has 0 saturated heterocycles. The number of rotatable bonds is 14. The van der Waals surface area contributed by atoms with Crippen molar-refractivity contribution in [3.8, 4) is 11.5 Å². The van der Waals surface area contributed by atoms with E-state index in [1.807, 2.05) is 0 Å². The number of carbonyl (C=O) groups excluding carboxylic acids is 2. The standard InChI is InChI=1S/C31H34FNO6/c1-3-4-5-6-7-19-38-24-17-13-23(14-18-24)31(37)39-25-15-11-22(12-16-25)20-27(30(35)36)33-29(34)28-21(2)9-8-10-26(28)32/h8-18,27H,3-7,19-20H2,1-2H3,(H,33,34)(H,35,36)/t27-/m0/s1. The molecule has 1 amide bonds. The van der Waals surface area contributed by atoms with Crippen molar-refractivity contribution in [2.45, 2.75) is 58.4 Å². The van der Waals surface area contributed by atoms with Gasteiger partial charge in [-0.3, -0.25) is 4.79 Å². The summed E-state index contributed by atoms with van der Waals surface area (Å²) in [5, 5.41) is 12.0. The predicted octanol–water partition coefficient (Wildman–Crippen LogP) is 6.13. The van der Waals surface area contributed by atoms with Crippen LogP contribution in [0.15, 0.2) is 66.7 Å². The van der Waals surface area contributed by atoms with Crippen LogP contribution in [0, 0.1) is 12.7 Å². The number of aliphatic carboxylic acids is 1. The van der Waals surface area contributed by atoms with Crippen molar-refractivity contribution < 1.29 is 33.4 Å². The Morgan fingerprint density at radius 3 is 2.21 bits per heavy atom. The van der Waals surface area contributed by atoms with E-state index in [1.165, 1.54) is 25.3 Å². The van der Waals surface area contributed by atoms with Crippen LogP contribution in [0.2, 0.25) is 0 Å². The molecule has 3 aromatic rings. The van der Waals surface area contributed by atoms with Crippen LogP contribution >= 0.6 is 0 Å². The van der Waals surface area contributed by atoms with Crippen LogP contribution in [0.5, 0.6) is 11.5 Å². The van der Waals surface area contributed by atoms with Gasteiger partial charge in [-0.1, -0.05) is 56.9 Å². The lowest BCUT2D eigenvalue weighted by Gasteiger charge is -2.16. The third kappa shape index (κ3) is 8.95. The monoisotopic (exact) mass is 535 g/mol. The average Bonchev–Trinajstić information content (AvgIpc) is 2.91. The number of esters is 1. The zero-order valence-corrected chi connectivity index (χ0v) is 22.2. The van der Waals surface area contributed by atoms with Crippen LogP contribution in [0.1, 0.15) is 70.9 Å². The molecule has 0 aromatic heterocycles. The normalized spacial score (nSPS) is 11.5. The van der Waals surface area contributed by atoms with E-state index in [2.05, 4.69) is 12.2 Å². The summed E-state index contributed by atoms with van der Waals surface area (Å²) in [6.45, 7) is 4.39. The first-order chi connectivity index (χ1) is 18.8. The highest BCUT2D eigenvalue weighted by molar-refractivity contribution is 5.98. The molecule has 0 aliphatic rings. The van der Waals surface area contributed by atoms with Crippen LogP contribution in [-0.4, -0.2) is 35.6 Å². The Balaban J connectivity index is 1.53. The fraction of sp³-hybridized carbons (Fsp3) is 0.323. The van der Waals surface area contributed by atoms with Crippen LogP contribution < -0.4 is 14.8 Å². The Labute approximate surface area is 228 Å². The quantitative estimate of drug-likeness (QED) is 0.146. The van der Waals surface area contributed by atoms with E-state index in [9.17, 15) is 23.9 Å². The Morgan fingerprint density at radius 1 is 0.897 bits per heavy atom. The number of benzene rings is 3. The molecule has 8 heteroatoms. The van der Waals surface area contributed by atoms with Gasteiger partial charge in [-0.2, -0.15) is 0 Å². The van der Waals surface area contributed by atoms with Gasteiger partial charge in [0.25, 0.3) is 5.91 Å². The fourth-order valence-electron chi connectivity index (χ4n) is 4.03. The van der Waals surface area contributed by atoms with Gasteiger partial charge < -0.3 is 19.9 Å². The van der Waals surface area contributed by atoms with Gasteiger partial charge in [0.1, 0.15) is 23.4 Å². The summed E-state index contributed by atoms with van der Waals surface area (Å²) in [6, 6.07) is 16.0. The number of hydrogen-bond donors (Lipinski definition) is 2. The second-order valence-corrected chi connectivity index (χ2v) is 9.32. The van der Waals surface area contributed by atoms with Crippen molar-refractivity contribution >= 4 is 17.8 Å². The number of unbranched alkanes of at least 4 members (excludes halogenated alkanes) is 4. The van der Waals surface area contributed by atoms with E-state index >= 15 is 0 Å². The lowest BCUT2D eigenvalue weighted by molar-refractivity contribution is -0.139. The lowest BCUT2D eigenvalue weighted by atomic mass is 10.0. The second-order valence-electron chi connectivity index (χ2n) is 9.32. The number of carboxylic acids is 1. The molecule has 3 aromatic carbocycles. The van der Waals surface area contributed by atoms with Gasteiger partial charge in [0.15, 0.2) is 0 Å². The molecular weight excluding hydrogens is 501 g/mol. The first kappa shape index (κ1) is 29.4. The van der Waals surface area contributed by atoms with E-state index < -0.39 is 29.7 Å². The van der Waals surface area contributed by atoms with Gasteiger partial charge in [0.05, 0.1) is 17.7 Å². The number of halogens is 1. The van der Waals surface area contributed by atoms with Crippen molar-refractivity contribution in [3.05, 3.63) is 94.8 Å². The summed E-state index contributed by atoms with van der Waals surface area (Å²) < 4.78 is 25.3. The van der Waals surface area contributed by atoms with Gasteiger partial charge in [-0.15, -0.1) is 0 Å². The largest absolute Gasteiger partial charge is 0.494 e. The maximum atomic E-state index is 14.1. The molecular formula is C31H34FNO6. The van der Waals surface area contributed by atoms with Crippen LogP contribution in [-0.2, 0) is 11.2 Å². The maximum Gasteiger partial charge on any atom is 0.343 e. The molecule has 0 heterocycles. The third-order valence-corrected chi connectivity index (χ3v) is 6.23. The molecule has 206 valence electrons. The number of ether oxygens (including phenoxy) is 2. The smallest absolute Gasteiger partial charge is 0.343 e. The average molecular weight is 536 g/mol. The first-order valence-electron chi connectivity index (χ1n) is 13.1. The third-order valence-electron chi connectivity index (χ3n) is 6.23. The van der Waals surface area contributed by atoms with E-state index in [0.29, 0.717) is 29.0 Å². The van der Waals surface area contributed by atoms with E-state index in [-0.39, 0.29) is 17.7 Å². The summed E-state index contributed by atoms with van der Waals surface area (Å²) in [5.41, 5.74) is 1.17. The molecule has 7 nitrogen and oxygen atoms in total. The summed E-state index contributed by atoms with van der Waals surface area (Å²) in [6.07, 6.45) is 5.73. The maximum absolute atomic E-state index is 14.1. The van der Waals surface area contributed by atoms with Crippen molar-refractivity contribution in [2.75, 3.05) is 6.61 Å². The first-order valence-corrected chi connectivity index (χ1v) is 13.1. The Bertz CT molecular complexity index is 1240. The van der Waals surface area contributed by atoms with E-state index in [1.54, 1.807) is 61.5 Å². The van der Waals surface area contributed by atoms with Crippen LogP contribution in [0.25, 0.3) is 0 Å². The molecule has 0 unspecified atom stereocenters. The minimum Gasteiger partial charge on any atom is -0.494 e. The number of amides is 1. The molecule has 3 rings (SSSR count). The minimum absolute atomic E-state index is 0.0388. The molecule has 1 atom stereocenters. The molecule has 0 spiro atoms. The van der Waals surface area contributed by atoms with Crippen LogP contribution in [0.3, 0.4) is 0 Å². The predicted molar refractivity (Wildman–Crippen MR) is 146 cm³/mol. The molecule has 0 saturated carbocycles. The molecule has 0 aliphatic heterocycles. The highest BCUT2D eigenvalue weighted by atomic mass is 19.1. The van der Waals surface area contributed by atoms with Crippen molar-refractivity contribution in [2.24, 2.45) is 0 Å². The fourth-order valence-corrected chi connectivity index (χ4v) is 4.03. The number of hydrogen-bond acceptors (Lipinski definition) is 5. The zero-order valence-electron chi connectivity index (χ0n) is 22.2. The minimum atomic E-state index is -1.28. The summed E-state index contributed by atoms with van der Waals surface area (Å²) in [5.74, 6) is -2.33. The van der Waals surface area contributed by atoms with Crippen molar-refractivity contribution in [1.82, 2.24) is 5.32 Å². The molecule has 0 aliphatic carbocycles. The summed E-state index contributed by atoms with van der Waals surface area (Å²) in [7, 11) is 0. The van der Waals surface area contributed by atoms with Crippen LogP contribution in [0.4, 0.5) is 4.39 Å². The number of nitrogens with one attached hydrogen (secondary N) is 1. The topological polar surface area (TPSA) is 102 Å². The van der Waals surface area contributed by atoms with Gasteiger partial charge in [0, 0.05) is 6.42 Å². The summed E-state index contributed by atoms with van der Waals surface area (Å²) >= 11 is 0. The van der Waals surface area contributed by atoms with E-state index in [0.717, 1.165) is 18.9 Å². The number of carboxylic acid groups (broad SMARTS) is 1. The second kappa shape index (κ2) is 14.7. The Morgan fingerprint density at radius 2 is 1.56 bits per heavy atom. The van der Waals surface area contributed by atoms with Crippen molar-refractivity contribution in [3.63, 3.8) is 0 Å². The Kier molecular flexibility index (Phi) is 11.0. The molecule has 39 heavy (non-hydrogen) atoms. The molecule has 0 fully saturated rings. The van der Waals surface area contributed by atoms with E-state index in [4.69, 9.17) is 9.47 Å². The van der Waals surface area contributed by atoms with Crippen molar-refractivity contribution in [1.29, 1.82) is 0 Å².